The van der Waals surface area contributed by atoms with Gasteiger partial charge in [0.05, 0.1) is 5.69 Å². The normalized spacial score (nSPS) is 14.1. The van der Waals surface area contributed by atoms with Crippen molar-refractivity contribution in [2.24, 2.45) is 0 Å². The minimum absolute atomic E-state index is 0.168. The van der Waals surface area contributed by atoms with Crippen molar-refractivity contribution in [3.8, 4) is 11.3 Å². The third-order valence-corrected chi connectivity index (χ3v) is 7.44. The first kappa shape index (κ1) is 31.6. The van der Waals surface area contributed by atoms with E-state index < -0.39 is 11.7 Å². The number of carbonyl (C=O) groups excluding carboxylic acids is 2. The molecule has 3 N–H and O–H groups in total. The Hall–Kier alpha value is -4.80. The van der Waals surface area contributed by atoms with Crippen LogP contribution in [0.25, 0.3) is 11.3 Å². The fourth-order valence-electron chi connectivity index (χ4n) is 4.91. The highest BCUT2D eigenvalue weighted by Gasteiger charge is 2.17. The zero-order valence-electron chi connectivity index (χ0n) is 26.6. The van der Waals surface area contributed by atoms with Crippen LogP contribution in [0, 0.1) is 6.92 Å². The first-order chi connectivity index (χ1) is 21.5. The van der Waals surface area contributed by atoms with Crippen LogP contribution in [0.1, 0.15) is 42.3 Å². The number of likely N-dealkylation sites (N-methyl/N-ethyl adjacent to an activating group) is 1. The Bertz CT molecular complexity index is 1620. The maximum atomic E-state index is 13.0. The van der Waals surface area contributed by atoms with E-state index in [1.165, 1.54) is 5.56 Å². The van der Waals surface area contributed by atoms with Crippen molar-refractivity contribution in [1.82, 2.24) is 19.8 Å². The zero-order chi connectivity index (χ0) is 32.0. The standard InChI is InChI=1S/C35H41N7O3/c1-24-6-13-29(37-32(43)27-9-7-25(8-10-27)23-42-20-18-41(5)19-21-42)22-31(24)40-33-36-17-16-30(39-33)26-11-14-28(15-12-26)38-34(44)45-35(2,3)4/h6-17,22H,18-21,23H2,1-5H3,(H,37,43)(H,38,44)(H,36,39,40). The third-order valence-electron chi connectivity index (χ3n) is 7.44. The van der Waals surface area contributed by atoms with E-state index in [2.05, 4.69) is 42.8 Å². The number of ether oxygens (including phenoxy) is 1. The van der Waals surface area contributed by atoms with E-state index >= 15 is 0 Å². The molecule has 1 aliphatic rings. The van der Waals surface area contributed by atoms with Gasteiger partial charge in [0.25, 0.3) is 5.91 Å². The fraction of sp³-hybridized carbons (Fsp3) is 0.314. The number of hydrogen-bond donors (Lipinski definition) is 3. The molecular weight excluding hydrogens is 566 g/mol. The van der Waals surface area contributed by atoms with Crippen molar-refractivity contribution in [3.63, 3.8) is 0 Å². The van der Waals surface area contributed by atoms with Crippen LogP contribution in [0.3, 0.4) is 0 Å². The van der Waals surface area contributed by atoms with E-state index in [0.29, 0.717) is 22.9 Å². The van der Waals surface area contributed by atoms with Crippen LogP contribution in [0.4, 0.5) is 27.8 Å². The maximum absolute atomic E-state index is 13.0. The Morgan fingerprint density at radius 2 is 1.56 bits per heavy atom. The molecule has 3 aromatic carbocycles. The lowest BCUT2D eigenvalue weighted by molar-refractivity contribution is 0.0635. The number of aryl methyl sites for hydroxylation is 1. The first-order valence-electron chi connectivity index (χ1n) is 15.1. The van der Waals surface area contributed by atoms with E-state index in [-0.39, 0.29) is 5.91 Å². The first-order valence-corrected chi connectivity index (χ1v) is 15.1. The van der Waals surface area contributed by atoms with Crippen LogP contribution < -0.4 is 16.0 Å². The molecule has 2 amide bonds. The average molecular weight is 608 g/mol. The molecule has 5 rings (SSSR count). The topological polar surface area (TPSA) is 112 Å². The smallest absolute Gasteiger partial charge is 0.412 e. The SMILES string of the molecule is Cc1ccc(NC(=O)c2ccc(CN3CCN(C)CC3)cc2)cc1Nc1nccc(-c2ccc(NC(=O)OC(C)(C)C)cc2)n1. The van der Waals surface area contributed by atoms with Gasteiger partial charge in [-0.3, -0.25) is 15.0 Å². The van der Waals surface area contributed by atoms with E-state index in [1.54, 1.807) is 18.3 Å². The van der Waals surface area contributed by atoms with Crippen molar-refractivity contribution in [1.29, 1.82) is 0 Å². The van der Waals surface area contributed by atoms with Gasteiger partial charge < -0.3 is 20.3 Å². The molecule has 1 saturated heterocycles. The van der Waals surface area contributed by atoms with Gasteiger partial charge in [-0.1, -0.05) is 30.3 Å². The predicted molar refractivity (Wildman–Crippen MR) is 179 cm³/mol. The second-order valence-electron chi connectivity index (χ2n) is 12.4. The summed E-state index contributed by atoms with van der Waals surface area (Å²) < 4.78 is 5.32. The van der Waals surface area contributed by atoms with E-state index in [0.717, 1.165) is 55.2 Å². The molecule has 1 aliphatic heterocycles. The molecule has 4 aromatic rings. The molecule has 234 valence electrons. The number of nitrogens with zero attached hydrogens (tertiary/aromatic N) is 4. The molecule has 0 unspecified atom stereocenters. The summed E-state index contributed by atoms with van der Waals surface area (Å²) in [6.45, 7) is 12.6. The summed E-state index contributed by atoms with van der Waals surface area (Å²) in [5.41, 5.74) is 5.86. The quantitative estimate of drug-likeness (QED) is 0.207. The van der Waals surface area contributed by atoms with Crippen LogP contribution in [-0.4, -0.2) is 70.6 Å². The van der Waals surface area contributed by atoms with Crippen molar-refractivity contribution in [2.75, 3.05) is 49.2 Å². The van der Waals surface area contributed by atoms with Gasteiger partial charge in [0, 0.05) is 67.1 Å². The lowest BCUT2D eigenvalue weighted by Crippen LogP contribution is -2.43. The summed E-state index contributed by atoms with van der Waals surface area (Å²) in [6, 6.07) is 22.7. The van der Waals surface area contributed by atoms with Gasteiger partial charge in [0.2, 0.25) is 5.95 Å². The number of aromatic nitrogens is 2. The fourth-order valence-corrected chi connectivity index (χ4v) is 4.91. The average Bonchev–Trinajstić information content (AvgIpc) is 3.00. The molecule has 10 nitrogen and oxygen atoms in total. The van der Waals surface area contributed by atoms with Crippen LogP contribution in [-0.2, 0) is 11.3 Å². The number of benzene rings is 3. The molecule has 0 spiro atoms. The van der Waals surface area contributed by atoms with E-state index in [4.69, 9.17) is 4.74 Å². The summed E-state index contributed by atoms with van der Waals surface area (Å²) in [4.78, 5) is 39.0. The van der Waals surface area contributed by atoms with Gasteiger partial charge >= 0.3 is 6.09 Å². The summed E-state index contributed by atoms with van der Waals surface area (Å²) >= 11 is 0. The summed E-state index contributed by atoms with van der Waals surface area (Å²) in [7, 11) is 2.15. The largest absolute Gasteiger partial charge is 0.444 e. The molecule has 0 aliphatic carbocycles. The third kappa shape index (κ3) is 9.10. The Labute approximate surface area is 264 Å². The van der Waals surface area contributed by atoms with E-state index in [1.807, 2.05) is 88.4 Å². The summed E-state index contributed by atoms with van der Waals surface area (Å²) in [5, 5.41) is 9.04. The molecule has 0 radical (unpaired) electrons. The van der Waals surface area contributed by atoms with Crippen molar-refractivity contribution in [2.45, 2.75) is 39.8 Å². The Kier molecular flexibility index (Phi) is 9.75. The Balaban J connectivity index is 1.20. The van der Waals surface area contributed by atoms with Crippen molar-refractivity contribution in [3.05, 3.63) is 95.7 Å². The van der Waals surface area contributed by atoms with Gasteiger partial charge in [-0.2, -0.15) is 0 Å². The number of hydrogen-bond acceptors (Lipinski definition) is 8. The van der Waals surface area contributed by atoms with Crippen LogP contribution >= 0.6 is 0 Å². The Morgan fingerprint density at radius 1 is 0.867 bits per heavy atom. The highest BCUT2D eigenvalue weighted by atomic mass is 16.6. The lowest BCUT2D eigenvalue weighted by atomic mass is 10.1. The molecule has 0 saturated carbocycles. The van der Waals surface area contributed by atoms with Gasteiger partial charge in [-0.25, -0.2) is 14.8 Å². The second-order valence-corrected chi connectivity index (χ2v) is 12.4. The number of rotatable bonds is 8. The van der Waals surface area contributed by atoms with Gasteiger partial charge in [-0.15, -0.1) is 0 Å². The summed E-state index contributed by atoms with van der Waals surface area (Å²) in [6.07, 6.45) is 1.18. The number of piperazine rings is 1. The molecule has 1 fully saturated rings. The lowest BCUT2D eigenvalue weighted by Gasteiger charge is -2.32. The number of amides is 2. The number of carbonyl (C=O) groups is 2. The number of anilines is 4. The van der Waals surface area contributed by atoms with E-state index in [9.17, 15) is 9.59 Å². The minimum atomic E-state index is -0.575. The highest BCUT2D eigenvalue weighted by molar-refractivity contribution is 6.04. The summed E-state index contributed by atoms with van der Waals surface area (Å²) in [5.74, 6) is 0.254. The molecule has 10 heteroatoms. The Morgan fingerprint density at radius 3 is 2.24 bits per heavy atom. The molecule has 2 heterocycles. The van der Waals surface area contributed by atoms with Gasteiger partial charge in [0.1, 0.15) is 5.60 Å². The monoisotopic (exact) mass is 607 g/mol. The highest BCUT2D eigenvalue weighted by Crippen LogP contribution is 2.26. The second kappa shape index (κ2) is 13.9. The molecule has 45 heavy (non-hydrogen) atoms. The molecule has 0 atom stereocenters. The van der Waals surface area contributed by atoms with Crippen LogP contribution in [0.15, 0.2) is 79.0 Å². The number of nitrogens with one attached hydrogen (secondary N) is 3. The molecule has 0 bridgehead atoms. The van der Waals surface area contributed by atoms with Gasteiger partial charge in [-0.05, 0) is 88.3 Å². The maximum Gasteiger partial charge on any atom is 0.412 e. The van der Waals surface area contributed by atoms with Gasteiger partial charge in [0.15, 0.2) is 0 Å². The predicted octanol–water partition coefficient (Wildman–Crippen LogP) is 6.54. The minimum Gasteiger partial charge on any atom is -0.444 e. The van der Waals surface area contributed by atoms with Crippen molar-refractivity contribution < 1.29 is 14.3 Å². The molecular formula is C35H41N7O3. The molecule has 1 aromatic heterocycles. The zero-order valence-corrected chi connectivity index (χ0v) is 26.6. The van der Waals surface area contributed by atoms with Crippen LogP contribution in [0.5, 0.6) is 0 Å². The van der Waals surface area contributed by atoms with Crippen LogP contribution in [0.2, 0.25) is 0 Å². The van der Waals surface area contributed by atoms with Crippen molar-refractivity contribution >= 4 is 35.0 Å².